The van der Waals surface area contributed by atoms with E-state index in [9.17, 15) is 0 Å². The first-order chi connectivity index (χ1) is 8.40. The summed E-state index contributed by atoms with van der Waals surface area (Å²) >= 11 is 1.72. The fourth-order valence-corrected chi connectivity index (χ4v) is 2.83. The molecule has 0 aromatic carbocycles. The van der Waals surface area contributed by atoms with Crippen LogP contribution in [0.2, 0.25) is 0 Å². The third kappa shape index (κ3) is 4.03. The normalized spacial score (nSPS) is 22.5. The quantitative estimate of drug-likeness (QED) is 0.810. The minimum Gasteiger partial charge on any atom is -0.376 e. The van der Waals surface area contributed by atoms with Gasteiger partial charge in [0.15, 0.2) is 0 Å². The molecule has 1 aromatic rings. The third-order valence-corrected chi connectivity index (χ3v) is 3.91. The van der Waals surface area contributed by atoms with Crippen molar-refractivity contribution in [3.05, 3.63) is 16.6 Å². The van der Waals surface area contributed by atoms with Crippen LogP contribution in [0.5, 0.6) is 0 Å². The zero-order valence-corrected chi connectivity index (χ0v) is 11.1. The van der Waals surface area contributed by atoms with Gasteiger partial charge in [-0.05, 0) is 19.4 Å². The minimum atomic E-state index is 0.366. The molecule has 0 saturated carbocycles. The molecule has 0 aliphatic carbocycles. The smallest absolute Gasteiger partial charge is 0.109 e. The Morgan fingerprint density at radius 1 is 1.71 bits per heavy atom. The second-order valence-electron chi connectivity index (χ2n) is 4.27. The molecule has 0 amide bonds. The van der Waals surface area contributed by atoms with Crippen LogP contribution >= 0.6 is 11.3 Å². The van der Waals surface area contributed by atoms with Gasteiger partial charge in [0, 0.05) is 24.7 Å². The molecular formula is C12H21N3OS. The van der Waals surface area contributed by atoms with Crippen LogP contribution in [0.15, 0.2) is 11.6 Å². The summed E-state index contributed by atoms with van der Waals surface area (Å²) in [4.78, 5) is 4.37. The molecule has 2 atom stereocenters. The molecule has 0 spiro atoms. The summed E-state index contributed by atoms with van der Waals surface area (Å²) in [5.74, 6) is 0. The lowest BCUT2D eigenvalue weighted by atomic mass is 10.2. The fourth-order valence-electron chi connectivity index (χ4n) is 2.04. The van der Waals surface area contributed by atoms with Crippen LogP contribution in [0.25, 0.3) is 0 Å². The Balaban J connectivity index is 1.69. The molecule has 96 valence electrons. The number of nitrogens with zero attached hydrogens (tertiary/aromatic N) is 1. The molecule has 2 rings (SSSR count). The van der Waals surface area contributed by atoms with E-state index in [2.05, 4.69) is 22.5 Å². The van der Waals surface area contributed by atoms with Gasteiger partial charge in [-0.15, -0.1) is 11.3 Å². The van der Waals surface area contributed by atoms with E-state index in [1.807, 2.05) is 11.6 Å². The van der Waals surface area contributed by atoms with Crippen molar-refractivity contribution in [3.63, 3.8) is 0 Å². The molecule has 5 heteroatoms. The van der Waals surface area contributed by atoms with Gasteiger partial charge in [0.1, 0.15) is 5.01 Å². The minimum absolute atomic E-state index is 0.366. The van der Waals surface area contributed by atoms with Crippen molar-refractivity contribution in [1.29, 1.82) is 0 Å². The van der Waals surface area contributed by atoms with Crippen molar-refractivity contribution in [2.75, 3.05) is 26.2 Å². The second-order valence-corrected chi connectivity index (χ2v) is 5.20. The topological polar surface area (TPSA) is 46.2 Å². The predicted octanol–water partition coefficient (Wildman–Crippen LogP) is 1.56. The lowest BCUT2D eigenvalue weighted by Crippen LogP contribution is -2.40. The summed E-state index contributed by atoms with van der Waals surface area (Å²) in [6.07, 6.45) is 4.38. The zero-order valence-electron chi connectivity index (χ0n) is 10.3. The average Bonchev–Trinajstić information content (AvgIpc) is 2.90. The van der Waals surface area contributed by atoms with Crippen LogP contribution in [0.4, 0.5) is 0 Å². The second kappa shape index (κ2) is 7.06. The number of hydrogen-bond donors (Lipinski definition) is 2. The Morgan fingerprint density at radius 2 is 2.65 bits per heavy atom. The lowest BCUT2D eigenvalue weighted by Gasteiger charge is -2.24. The fraction of sp³-hybridized carbons (Fsp3) is 0.750. The van der Waals surface area contributed by atoms with Crippen LogP contribution in [-0.4, -0.2) is 37.3 Å². The van der Waals surface area contributed by atoms with Crippen LogP contribution in [0.3, 0.4) is 0 Å². The molecule has 17 heavy (non-hydrogen) atoms. The molecule has 2 unspecified atom stereocenters. The number of ether oxygens (including phenoxy) is 1. The van der Waals surface area contributed by atoms with Gasteiger partial charge in [-0.1, -0.05) is 6.92 Å². The standard InChI is InChI=1S/C12H21N3OS/c1-2-11(12-15-6-8-17-12)14-4-3-10-9-13-5-7-16-10/h6,8,10-11,13-14H,2-5,7,9H2,1H3. The number of morpholine rings is 1. The van der Waals surface area contributed by atoms with Crippen molar-refractivity contribution in [3.8, 4) is 0 Å². The summed E-state index contributed by atoms with van der Waals surface area (Å²) in [7, 11) is 0. The summed E-state index contributed by atoms with van der Waals surface area (Å²) < 4.78 is 5.67. The Morgan fingerprint density at radius 3 is 3.29 bits per heavy atom. The molecule has 1 aliphatic heterocycles. The first-order valence-electron chi connectivity index (χ1n) is 6.35. The molecule has 0 radical (unpaired) electrons. The number of aromatic nitrogens is 1. The van der Waals surface area contributed by atoms with Crippen LogP contribution in [0.1, 0.15) is 30.8 Å². The molecule has 0 bridgehead atoms. The molecule has 1 aromatic heterocycles. The number of thiazole rings is 1. The van der Waals surface area contributed by atoms with Crippen LogP contribution in [0, 0.1) is 0 Å². The third-order valence-electron chi connectivity index (χ3n) is 3.02. The van der Waals surface area contributed by atoms with Gasteiger partial charge < -0.3 is 15.4 Å². The maximum atomic E-state index is 5.67. The Hall–Kier alpha value is -0.490. The highest BCUT2D eigenvalue weighted by atomic mass is 32.1. The molecule has 1 aliphatic rings. The van der Waals surface area contributed by atoms with Crippen molar-refractivity contribution in [2.45, 2.75) is 31.9 Å². The van der Waals surface area contributed by atoms with E-state index in [-0.39, 0.29) is 0 Å². The predicted molar refractivity (Wildman–Crippen MR) is 70.4 cm³/mol. The average molecular weight is 255 g/mol. The Labute approximate surface area is 107 Å². The van der Waals surface area contributed by atoms with E-state index in [0.29, 0.717) is 12.1 Å². The lowest BCUT2D eigenvalue weighted by molar-refractivity contribution is 0.0234. The van der Waals surface area contributed by atoms with Gasteiger partial charge in [0.2, 0.25) is 0 Å². The molecule has 2 heterocycles. The van der Waals surface area contributed by atoms with Crippen molar-refractivity contribution in [2.24, 2.45) is 0 Å². The van der Waals surface area contributed by atoms with Crippen molar-refractivity contribution < 1.29 is 4.74 Å². The van der Waals surface area contributed by atoms with E-state index in [1.165, 1.54) is 5.01 Å². The number of nitrogens with one attached hydrogen (secondary N) is 2. The van der Waals surface area contributed by atoms with Gasteiger partial charge >= 0.3 is 0 Å². The maximum Gasteiger partial charge on any atom is 0.109 e. The summed E-state index contributed by atoms with van der Waals surface area (Å²) in [6.45, 7) is 5.99. The van der Waals surface area contributed by atoms with Gasteiger partial charge in [-0.2, -0.15) is 0 Å². The molecule has 1 saturated heterocycles. The summed E-state index contributed by atoms with van der Waals surface area (Å²) in [6, 6.07) is 0.395. The van der Waals surface area contributed by atoms with E-state index in [4.69, 9.17) is 4.74 Å². The van der Waals surface area contributed by atoms with E-state index in [0.717, 1.165) is 39.1 Å². The van der Waals surface area contributed by atoms with Gasteiger partial charge in [-0.3, -0.25) is 0 Å². The highest BCUT2D eigenvalue weighted by molar-refractivity contribution is 7.09. The first kappa shape index (κ1) is 13.0. The van der Waals surface area contributed by atoms with Crippen molar-refractivity contribution >= 4 is 11.3 Å². The SMILES string of the molecule is CCC(NCCC1CNCCO1)c1nccs1. The zero-order chi connectivity index (χ0) is 11.9. The maximum absolute atomic E-state index is 5.67. The van der Waals surface area contributed by atoms with Crippen LogP contribution in [-0.2, 0) is 4.74 Å². The highest BCUT2D eigenvalue weighted by Crippen LogP contribution is 2.18. The van der Waals surface area contributed by atoms with Gasteiger partial charge in [0.05, 0.1) is 18.8 Å². The largest absolute Gasteiger partial charge is 0.376 e. The van der Waals surface area contributed by atoms with Gasteiger partial charge in [-0.25, -0.2) is 4.98 Å². The highest BCUT2D eigenvalue weighted by Gasteiger charge is 2.15. The van der Waals surface area contributed by atoms with E-state index >= 15 is 0 Å². The summed E-state index contributed by atoms with van der Waals surface area (Å²) in [5, 5.41) is 10.1. The number of rotatable bonds is 6. The Kier molecular flexibility index (Phi) is 5.38. The first-order valence-corrected chi connectivity index (χ1v) is 7.23. The molecule has 4 nitrogen and oxygen atoms in total. The summed E-state index contributed by atoms with van der Waals surface area (Å²) in [5.41, 5.74) is 0. The monoisotopic (exact) mass is 255 g/mol. The molecular weight excluding hydrogens is 234 g/mol. The molecule has 2 N–H and O–H groups in total. The Bertz CT molecular complexity index is 299. The van der Waals surface area contributed by atoms with E-state index in [1.54, 1.807) is 11.3 Å². The van der Waals surface area contributed by atoms with Gasteiger partial charge in [0.25, 0.3) is 0 Å². The number of hydrogen-bond acceptors (Lipinski definition) is 5. The molecule has 1 fully saturated rings. The van der Waals surface area contributed by atoms with Crippen molar-refractivity contribution in [1.82, 2.24) is 15.6 Å². The van der Waals surface area contributed by atoms with Crippen LogP contribution < -0.4 is 10.6 Å². The van der Waals surface area contributed by atoms with E-state index < -0.39 is 0 Å².